The van der Waals surface area contributed by atoms with Gasteiger partial charge < -0.3 is 29.9 Å². The molecule has 0 spiro atoms. The number of ether oxygens (including phenoxy) is 2. The van der Waals surface area contributed by atoms with E-state index in [0.717, 1.165) is 68.3 Å². The number of piperidine rings is 1. The number of nitrogens with two attached hydrogens (primary N) is 1. The predicted octanol–water partition coefficient (Wildman–Crippen LogP) is 4.06. The number of benzene rings is 1. The first-order valence-corrected chi connectivity index (χ1v) is 12.7. The summed E-state index contributed by atoms with van der Waals surface area (Å²) in [5.74, 6) is 0.833. The molecule has 1 aromatic carbocycles. The Kier molecular flexibility index (Phi) is 6.93. The summed E-state index contributed by atoms with van der Waals surface area (Å²) in [5, 5.41) is 9.03. The molecule has 1 aromatic heterocycles. The fraction of sp³-hybridized carbons (Fsp3) is 0.583. The van der Waals surface area contributed by atoms with Gasteiger partial charge in [-0.05, 0) is 43.9 Å². The van der Waals surface area contributed by atoms with E-state index in [1.807, 2.05) is 12.1 Å². The van der Waals surface area contributed by atoms with Crippen LogP contribution in [0.1, 0.15) is 25.7 Å². The number of anilines is 4. The first kappa shape index (κ1) is 23.7. The summed E-state index contributed by atoms with van der Waals surface area (Å²) >= 11 is 12.8. The average Bonchev–Trinajstić information content (AvgIpc) is 3.11. The van der Waals surface area contributed by atoms with Crippen LogP contribution in [0.3, 0.4) is 0 Å². The highest BCUT2D eigenvalue weighted by Gasteiger charge is 2.41. The predicted molar refractivity (Wildman–Crippen MR) is 137 cm³/mol. The lowest BCUT2D eigenvalue weighted by molar-refractivity contribution is -0.141. The Morgan fingerprint density at radius 2 is 1.59 bits per heavy atom. The van der Waals surface area contributed by atoms with Crippen LogP contribution in [-0.2, 0) is 9.47 Å². The Morgan fingerprint density at radius 3 is 2.24 bits per heavy atom. The molecular weight excluding hydrogens is 475 g/mol. The van der Waals surface area contributed by atoms with Crippen LogP contribution in [0.15, 0.2) is 24.3 Å². The monoisotopic (exact) mass is 506 g/mol. The molecule has 0 saturated carbocycles. The molecular formula is C24H32Cl2N6O2. The number of aromatic nitrogens is 2. The van der Waals surface area contributed by atoms with Crippen molar-refractivity contribution >= 4 is 46.1 Å². The van der Waals surface area contributed by atoms with Crippen molar-refractivity contribution in [3.8, 4) is 0 Å². The molecule has 2 aromatic rings. The van der Waals surface area contributed by atoms with Gasteiger partial charge in [0.25, 0.3) is 0 Å². The largest absolute Gasteiger partial charge is 0.380 e. The average molecular weight is 507 g/mol. The molecule has 2 unspecified atom stereocenters. The molecule has 5 rings (SSSR count). The normalized spacial score (nSPS) is 23.3. The molecule has 3 fully saturated rings. The minimum absolute atomic E-state index is 0.143. The molecule has 34 heavy (non-hydrogen) atoms. The Hall–Kier alpha value is -2.00. The highest BCUT2D eigenvalue weighted by atomic mass is 35.5. The van der Waals surface area contributed by atoms with Crippen molar-refractivity contribution < 1.29 is 9.47 Å². The Balaban J connectivity index is 1.32. The number of nitrogens with zero attached hydrogens (tertiary/aromatic N) is 5. The maximum atomic E-state index is 6.69. The highest BCUT2D eigenvalue weighted by molar-refractivity contribution is 6.33. The van der Waals surface area contributed by atoms with Crippen LogP contribution in [0, 0.1) is 5.92 Å². The van der Waals surface area contributed by atoms with Crippen molar-refractivity contribution in [1.29, 1.82) is 0 Å². The first-order valence-electron chi connectivity index (χ1n) is 11.9. The molecule has 3 aliphatic rings. The van der Waals surface area contributed by atoms with Gasteiger partial charge in [-0.25, -0.2) is 0 Å². The second-order valence-corrected chi connectivity index (χ2v) is 10.2. The van der Waals surface area contributed by atoms with Crippen LogP contribution in [0.5, 0.6) is 0 Å². The van der Waals surface area contributed by atoms with E-state index in [4.69, 9.17) is 38.4 Å². The summed E-state index contributed by atoms with van der Waals surface area (Å²) in [6.45, 7) is 3.63. The summed E-state index contributed by atoms with van der Waals surface area (Å²) in [5.41, 5.74) is 9.34. The van der Waals surface area contributed by atoms with Crippen LogP contribution in [0.25, 0.3) is 0 Å². The van der Waals surface area contributed by atoms with Gasteiger partial charge in [0, 0.05) is 70.2 Å². The molecule has 3 aliphatic heterocycles. The van der Waals surface area contributed by atoms with Crippen molar-refractivity contribution in [3.05, 3.63) is 34.4 Å². The van der Waals surface area contributed by atoms with Crippen molar-refractivity contribution in [1.82, 2.24) is 10.2 Å². The molecule has 0 aliphatic carbocycles. The lowest BCUT2D eigenvalue weighted by Crippen LogP contribution is -2.54. The van der Waals surface area contributed by atoms with E-state index < -0.39 is 0 Å². The number of rotatable bonds is 6. The van der Waals surface area contributed by atoms with Gasteiger partial charge in [-0.15, -0.1) is 10.2 Å². The summed E-state index contributed by atoms with van der Waals surface area (Å²) in [6.07, 6.45) is 4.18. The molecule has 0 radical (unpaired) electrons. The second kappa shape index (κ2) is 9.93. The molecule has 2 bridgehead atoms. The highest BCUT2D eigenvalue weighted by Crippen LogP contribution is 2.41. The quantitative estimate of drug-likeness (QED) is 0.587. The van der Waals surface area contributed by atoms with E-state index in [0.29, 0.717) is 29.0 Å². The number of halogens is 2. The van der Waals surface area contributed by atoms with Crippen LogP contribution >= 0.6 is 23.2 Å². The molecule has 0 amide bonds. The fourth-order valence-electron chi connectivity index (χ4n) is 5.94. The Morgan fingerprint density at radius 1 is 0.912 bits per heavy atom. The maximum absolute atomic E-state index is 6.69. The summed E-state index contributed by atoms with van der Waals surface area (Å²) in [7, 11) is 3.42. The van der Waals surface area contributed by atoms with Crippen LogP contribution in [0.4, 0.5) is 22.9 Å². The van der Waals surface area contributed by atoms with Crippen LogP contribution in [0.2, 0.25) is 10.2 Å². The molecule has 8 nitrogen and oxygen atoms in total. The van der Waals surface area contributed by atoms with Gasteiger partial charge in [0.1, 0.15) is 0 Å². The number of hydrogen-bond acceptors (Lipinski definition) is 8. The van der Waals surface area contributed by atoms with Crippen molar-refractivity contribution in [2.24, 2.45) is 5.92 Å². The fourth-order valence-corrected chi connectivity index (χ4v) is 6.32. The third kappa shape index (κ3) is 4.49. The Bertz CT molecular complexity index is 1000. The van der Waals surface area contributed by atoms with E-state index in [1.54, 1.807) is 14.2 Å². The van der Waals surface area contributed by atoms with Gasteiger partial charge in [-0.2, -0.15) is 0 Å². The van der Waals surface area contributed by atoms with Gasteiger partial charge in [0.2, 0.25) is 0 Å². The summed E-state index contributed by atoms with van der Waals surface area (Å²) in [6, 6.07) is 9.09. The standard InChI is InChI=1S/C24H32Cl2N6O2/c1-33-24(34-2)15-7-9-30(10-8-15)20-11-16(5-6-19(20)25)32-17-3-4-18(32)14-31(13-17)21-12-22(26)28-29-23(21)27/h5-6,11-12,15,17-18,24H,3-4,7-10,13-14H2,1-2H3,(H2,27,29). The SMILES string of the molecule is COC(OC)C1CCN(c2cc(N3C4CCC3CN(c3cc(Cl)nnc3N)C4)ccc2Cl)CC1. The second-order valence-electron chi connectivity index (χ2n) is 9.43. The molecule has 2 N–H and O–H groups in total. The number of nitrogen functional groups attached to an aromatic ring is 1. The zero-order valence-corrected chi connectivity index (χ0v) is 21.2. The van der Waals surface area contributed by atoms with E-state index in [9.17, 15) is 0 Å². The summed E-state index contributed by atoms with van der Waals surface area (Å²) < 4.78 is 11.0. The third-order valence-corrected chi connectivity index (χ3v) is 8.06. The van der Waals surface area contributed by atoms with E-state index in [1.165, 1.54) is 5.69 Å². The zero-order valence-electron chi connectivity index (χ0n) is 19.7. The van der Waals surface area contributed by atoms with Crippen molar-refractivity contribution in [2.75, 3.05) is 60.8 Å². The summed E-state index contributed by atoms with van der Waals surface area (Å²) in [4.78, 5) is 7.27. The Labute approximate surface area is 210 Å². The van der Waals surface area contributed by atoms with Crippen LogP contribution < -0.4 is 20.4 Å². The molecule has 184 valence electrons. The number of hydrogen-bond donors (Lipinski definition) is 1. The van der Waals surface area contributed by atoms with Gasteiger partial charge >= 0.3 is 0 Å². The molecule has 2 atom stereocenters. The minimum Gasteiger partial charge on any atom is -0.380 e. The number of fused-ring (bicyclic) bond motifs is 2. The lowest BCUT2D eigenvalue weighted by atomic mass is 9.95. The van der Waals surface area contributed by atoms with Gasteiger partial charge in [-0.3, -0.25) is 0 Å². The zero-order chi connectivity index (χ0) is 23.8. The van der Waals surface area contributed by atoms with Crippen LogP contribution in [-0.4, -0.2) is 69.0 Å². The number of methoxy groups -OCH3 is 2. The van der Waals surface area contributed by atoms with Crippen molar-refractivity contribution in [3.63, 3.8) is 0 Å². The third-order valence-electron chi connectivity index (χ3n) is 7.55. The smallest absolute Gasteiger partial charge is 0.169 e. The maximum Gasteiger partial charge on any atom is 0.169 e. The minimum atomic E-state index is -0.143. The van der Waals surface area contributed by atoms with Crippen molar-refractivity contribution in [2.45, 2.75) is 44.1 Å². The van der Waals surface area contributed by atoms with E-state index in [2.05, 4.69) is 37.0 Å². The van der Waals surface area contributed by atoms with Gasteiger partial charge in [0.05, 0.1) is 16.4 Å². The van der Waals surface area contributed by atoms with E-state index >= 15 is 0 Å². The van der Waals surface area contributed by atoms with Gasteiger partial charge in [0.15, 0.2) is 17.3 Å². The first-order chi connectivity index (χ1) is 16.5. The van der Waals surface area contributed by atoms with Gasteiger partial charge in [-0.1, -0.05) is 23.2 Å². The van der Waals surface area contributed by atoms with E-state index in [-0.39, 0.29) is 6.29 Å². The molecule has 3 saturated heterocycles. The lowest BCUT2D eigenvalue weighted by Gasteiger charge is -2.44. The molecule has 10 heteroatoms. The molecule has 4 heterocycles. The number of piperazine rings is 1. The topological polar surface area (TPSA) is 80.0 Å².